The predicted octanol–water partition coefficient (Wildman–Crippen LogP) is 1.88. The molecule has 0 radical (unpaired) electrons. The number of hydrogen-bond donors (Lipinski definition) is 1. The first-order valence-corrected chi connectivity index (χ1v) is 6.51. The molecule has 0 spiro atoms. The quantitative estimate of drug-likeness (QED) is 0.865. The Bertz CT molecular complexity index is 526. The molecular weight excluding hydrogens is 282 g/mol. The molecule has 1 heterocycles. The highest BCUT2D eigenvalue weighted by Gasteiger charge is 2.24. The fourth-order valence-corrected chi connectivity index (χ4v) is 2.10. The van der Waals surface area contributed by atoms with Crippen LogP contribution in [0.4, 0.5) is 0 Å². The number of nitrogens with zero attached hydrogens (tertiary/aromatic N) is 1. The van der Waals surface area contributed by atoms with Crippen molar-refractivity contribution in [2.45, 2.75) is 6.10 Å². The third-order valence-electron chi connectivity index (χ3n) is 2.99. The van der Waals surface area contributed by atoms with E-state index >= 15 is 0 Å². The Morgan fingerprint density at radius 2 is 2.00 bits per heavy atom. The Labute approximate surface area is 121 Å². The van der Waals surface area contributed by atoms with Crippen molar-refractivity contribution in [1.82, 2.24) is 4.90 Å². The molecule has 1 saturated heterocycles. The molecule has 106 valence electrons. The fourth-order valence-electron chi connectivity index (χ4n) is 1.98. The van der Waals surface area contributed by atoms with Gasteiger partial charge in [0.1, 0.15) is 6.10 Å². The maximum absolute atomic E-state index is 11.8. The van der Waals surface area contributed by atoms with Crippen LogP contribution in [0.25, 0.3) is 0 Å². The van der Waals surface area contributed by atoms with Crippen LogP contribution in [0, 0.1) is 0 Å². The number of carbonyl (C=O) groups is 2. The zero-order valence-electron chi connectivity index (χ0n) is 10.7. The van der Waals surface area contributed by atoms with E-state index < -0.39 is 5.97 Å². The second-order valence-electron chi connectivity index (χ2n) is 4.37. The minimum Gasteiger partial charge on any atom is -0.478 e. The highest BCUT2D eigenvalue weighted by molar-refractivity contribution is 6.30. The van der Waals surface area contributed by atoms with Gasteiger partial charge < -0.3 is 14.7 Å². The number of morpholine rings is 1. The first-order chi connectivity index (χ1) is 9.56. The van der Waals surface area contributed by atoms with Gasteiger partial charge >= 0.3 is 5.97 Å². The van der Waals surface area contributed by atoms with Crippen LogP contribution in [0.1, 0.15) is 11.7 Å². The van der Waals surface area contributed by atoms with Crippen molar-refractivity contribution in [2.24, 2.45) is 0 Å². The van der Waals surface area contributed by atoms with E-state index in [1.165, 1.54) is 0 Å². The van der Waals surface area contributed by atoms with Gasteiger partial charge in [-0.15, -0.1) is 0 Å². The second kappa shape index (κ2) is 6.54. The summed E-state index contributed by atoms with van der Waals surface area (Å²) in [6, 6.07) is 7.25. The molecule has 0 aliphatic carbocycles. The Morgan fingerprint density at radius 1 is 1.30 bits per heavy atom. The standard InChI is InChI=1S/C14H14ClNO4/c15-11-3-1-10(2-4-11)12-9-16(7-8-20-12)13(17)5-6-14(18)19/h1-6,12H,7-9H2,(H,18,19)/b6-5+. The molecule has 1 aliphatic rings. The number of halogens is 1. The molecule has 1 aromatic rings. The minimum atomic E-state index is -1.14. The zero-order valence-corrected chi connectivity index (χ0v) is 11.4. The summed E-state index contributed by atoms with van der Waals surface area (Å²) >= 11 is 5.83. The van der Waals surface area contributed by atoms with Crippen molar-refractivity contribution < 1.29 is 19.4 Å². The zero-order chi connectivity index (χ0) is 14.5. The molecule has 0 bridgehead atoms. The summed E-state index contributed by atoms with van der Waals surface area (Å²) < 4.78 is 5.63. The van der Waals surface area contributed by atoms with Crippen molar-refractivity contribution >= 4 is 23.5 Å². The topological polar surface area (TPSA) is 66.8 Å². The van der Waals surface area contributed by atoms with E-state index in [4.69, 9.17) is 21.4 Å². The Morgan fingerprint density at radius 3 is 2.65 bits per heavy atom. The SMILES string of the molecule is O=C(O)/C=C/C(=O)N1CCOC(c2ccc(Cl)cc2)C1. The van der Waals surface area contributed by atoms with Crippen LogP contribution in [-0.2, 0) is 14.3 Å². The maximum atomic E-state index is 11.8. The second-order valence-corrected chi connectivity index (χ2v) is 4.80. The lowest BCUT2D eigenvalue weighted by Gasteiger charge is -2.32. The van der Waals surface area contributed by atoms with Crippen LogP contribution in [-0.4, -0.2) is 41.6 Å². The highest BCUT2D eigenvalue weighted by Crippen LogP contribution is 2.23. The smallest absolute Gasteiger partial charge is 0.328 e. The molecule has 0 saturated carbocycles. The number of amides is 1. The van der Waals surface area contributed by atoms with Crippen molar-refractivity contribution in [1.29, 1.82) is 0 Å². The summed E-state index contributed by atoms with van der Waals surface area (Å²) in [6.07, 6.45) is 1.69. The van der Waals surface area contributed by atoms with Crippen molar-refractivity contribution in [3.8, 4) is 0 Å². The van der Waals surface area contributed by atoms with Gasteiger partial charge in [0.2, 0.25) is 5.91 Å². The molecular formula is C14H14ClNO4. The van der Waals surface area contributed by atoms with Crippen LogP contribution in [0.2, 0.25) is 5.02 Å². The van der Waals surface area contributed by atoms with E-state index in [-0.39, 0.29) is 12.0 Å². The molecule has 1 aromatic carbocycles. The van der Waals surface area contributed by atoms with Gasteiger partial charge in [0, 0.05) is 23.7 Å². The molecule has 1 N–H and O–H groups in total. The molecule has 1 amide bonds. The molecule has 1 fully saturated rings. The lowest BCUT2D eigenvalue weighted by molar-refractivity contribution is -0.135. The lowest BCUT2D eigenvalue weighted by atomic mass is 10.1. The van der Waals surface area contributed by atoms with E-state index in [9.17, 15) is 9.59 Å². The average Bonchev–Trinajstić information content (AvgIpc) is 2.45. The number of ether oxygens (including phenoxy) is 1. The van der Waals surface area contributed by atoms with Gasteiger partial charge in [-0.1, -0.05) is 23.7 Å². The van der Waals surface area contributed by atoms with Crippen LogP contribution in [0.15, 0.2) is 36.4 Å². The average molecular weight is 296 g/mol. The Kier molecular flexibility index (Phi) is 4.76. The third-order valence-corrected chi connectivity index (χ3v) is 3.24. The normalized spacial score (nSPS) is 19.2. The van der Waals surface area contributed by atoms with Crippen molar-refractivity contribution in [3.63, 3.8) is 0 Å². The van der Waals surface area contributed by atoms with E-state index in [1.54, 1.807) is 17.0 Å². The van der Waals surface area contributed by atoms with Gasteiger partial charge in [-0.05, 0) is 17.7 Å². The van der Waals surface area contributed by atoms with Gasteiger partial charge in [0.25, 0.3) is 0 Å². The van der Waals surface area contributed by atoms with Crippen LogP contribution >= 0.6 is 11.6 Å². The molecule has 1 atom stereocenters. The predicted molar refractivity (Wildman–Crippen MR) is 73.5 cm³/mol. The van der Waals surface area contributed by atoms with Crippen molar-refractivity contribution in [3.05, 3.63) is 47.0 Å². The number of carboxylic acid groups (broad SMARTS) is 1. The third kappa shape index (κ3) is 3.82. The van der Waals surface area contributed by atoms with E-state index in [0.717, 1.165) is 17.7 Å². The summed E-state index contributed by atoms with van der Waals surface area (Å²) in [6.45, 7) is 1.26. The van der Waals surface area contributed by atoms with E-state index in [2.05, 4.69) is 0 Å². The summed E-state index contributed by atoms with van der Waals surface area (Å²) in [5.41, 5.74) is 0.939. The Hall–Kier alpha value is -1.85. The summed E-state index contributed by atoms with van der Waals surface area (Å²) in [7, 11) is 0. The van der Waals surface area contributed by atoms with Gasteiger partial charge in [-0.3, -0.25) is 4.79 Å². The largest absolute Gasteiger partial charge is 0.478 e. The van der Waals surface area contributed by atoms with Crippen LogP contribution < -0.4 is 0 Å². The molecule has 1 unspecified atom stereocenters. The maximum Gasteiger partial charge on any atom is 0.328 e. The van der Waals surface area contributed by atoms with E-state index in [1.807, 2.05) is 12.1 Å². The molecule has 2 rings (SSSR count). The van der Waals surface area contributed by atoms with Gasteiger partial charge in [0.15, 0.2) is 0 Å². The minimum absolute atomic E-state index is 0.219. The van der Waals surface area contributed by atoms with Gasteiger partial charge in [0.05, 0.1) is 13.2 Å². The molecule has 0 aromatic heterocycles. The number of benzene rings is 1. The van der Waals surface area contributed by atoms with Crippen molar-refractivity contribution in [2.75, 3.05) is 19.7 Å². The number of aliphatic carboxylic acids is 1. The number of carbonyl (C=O) groups excluding carboxylic acids is 1. The highest BCUT2D eigenvalue weighted by atomic mass is 35.5. The number of hydrogen-bond acceptors (Lipinski definition) is 3. The fraction of sp³-hybridized carbons (Fsp3) is 0.286. The molecule has 6 heteroatoms. The lowest BCUT2D eigenvalue weighted by Crippen LogP contribution is -2.41. The van der Waals surface area contributed by atoms with Gasteiger partial charge in [-0.25, -0.2) is 4.79 Å². The van der Waals surface area contributed by atoms with Crippen LogP contribution in [0.3, 0.4) is 0 Å². The molecule has 20 heavy (non-hydrogen) atoms. The summed E-state index contributed by atoms with van der Waals surface area (Å²) in [5, 5.41) is 9.16. The number of carboxylic acids is 1. The molecule has 5 nitrogen and oxygen atoms in total. The first kappa shape index (κ1) is 14.6. The Balaban J connectivity index is 2.03. The van der Waals surface area contributed by atoms with Gasteiger partial charge in [-0.2, -0.15) is 0 Å². The summed E-state index contributed by atoms with van der Waals surface area (Å²) in [4.78, 5) is 23.8. The number of rotatable bonds is 3. The van der Waals surface area contributed by atoms with Crippen LogP contribution in [0.5, 0.6) is 0 Å². The first-order valence-electron chi connectivity index (χ1n) is 6.13. The summed E-state index contributed by atoms with van der Waals surface area (Å²) in [5.74, 6) is -1.46. The monoisotopic (exact) mass is 295 g/mol. The van der Waals surface area contributed by atoms with E-state index in [0.29, 0.717) is 24.7 Å². The molecule has 1 aliphatic heterocycles.